The van der Waals surface area contributed by atoms with Gasteiger partial charge in [0.25, 0.3) is 0 Å². The molecule has 4 rings (SSSR count). The molecule has 1 saturated carbocycles. The fraction of sp³-hybridized carbons (Fsp3) is 0.176. The standard InChI is InChI=1S/C17H12ClN5O2/c18-14-7-15(23-16(22-14)13(9-20-23)11-4-5-11)25-17(24)21-12-3-1-2-10(6-12)8-19/h1-3,6-7,9,11H,4-5H2,(H,21,24). The molecular formula is C17H12ClN5O2. The number of nitrogens with one attached hydrogen (secondary N) is 1. The zero-order valence-corrected chi connectivity index (χ0v) is 13.7. The molecule has 1 fully saturated rings. The molecule has 1 aromatic carbocycles. The molecule has 0 atom stereocenters. The number of ether oxygens (including phenoxy) is 1. The molecule has 1 aliphatic carbocycles. The summed E-state index contributed by atoms with van der Waals surface area (Å²) in [4.78, 5) is 16.5. The van der Waals surface area contributed by atoms with Gasteiger partial charge in [0, 0.05) is 17.3 Å². The van der Waals surface area contributed by atoms with Crippen molar-refractivity contribution >= 4 is 29.0 Å². The zero-order chi connectivity index (χ0) is 17.4. The van der Waals surface area contributed by atoms with Gasteiger partial charge in [0.2, 0.25) is 5.88 Å². The molecule has 0 bridgehead atoms. The van der Waals surface area contributed by atoms with Crippen LogP contribution in [0.1, 0.15) is 29.9 Å². The molecule has 1 N–H and O–H groups in total. The van der Waals surface area contributed by atoms with E-state index in [9.17, 15) is 4.79 Å². The van der Waals surface area contributed by atoms with Crippen molar-refractivity contribution < 1.29 is 9.53 Å². The predicted molar refractivity (Wildman–Crippen MR) is 90.8 cm³/mol. The van der Waals surface area contributed by atoms with Crippen molar-refractivity contribution in [1.29, 1.82) is 5.26 Å². The summed E-state index contributed by atoms with van der Waals surface area (Å²) in [6, 6.07) is 9.97. The summed E-state index contributed by atoms with van der Waals surface area (Å²) in [6.45, 7) is 0. The van der Waals surface area contributed by atoms with Crippen molar-refractivity contribution in [3.05, 3.63) is 52.8 Å². The number of carbonyl (C=O) groups is 1. The summed E-state index contributed by atoms with van der Waals surface area (Å²) in [7, 11) is 0. The van der Waals surface area contributed by atoms with Gasteiger partial charge in [0.15, 0.2) is 5.65 Å². The fourth-order valence-electron chi connectivity index (χ4n) is 2.58. The molecule has 2 aromatic heterocycles. The lowest BCUT2D eigenvalue weighted by Gasteiger charge is -2.08. The fourth-order valence-corrected chi connectivity index (χ4v) is 2.76. The quantitative estimate of drug-likeness (QED) is 0.724. The molecule has 2 heterocycles. The van der Waals surface area contributed by atoms with E-state index in [4.69, 9.17) is 21.6 Å². The number of halogens is 1. The Balaban J connectivity index is 1.59. The number of anilines is 1. The van der Waals surface area contributed by atoms with Crippen molar-refractivity contribution in [3.63, 3.8) is 0 Å². The van der Waals surface area contributed by atoms with Crippen molar-refractivity contribution in [2.75, 3.05) is 5.32 Å². The lowest BCUT2D eigenvalue weighted by molar-refractivity contribution is 0.212. The van der Waals surface area contributed by atoms with Gasteiger partial charge in [0.05, 0.1) is 17.8 Å². The maximum absolute atomic E-state index is 12.2. The summed E-state index contributed by atoms with van der Waals surface area (Å²) in [5.41, 5.74) is 2.51. The number of amides is 1. The Hall–Kier alpha value is -3.11. The van der Waals surface area contributed by atoms with E-state index in [-0.39, 0.29) is 11.0 Å². The number of benzene rings is 1. The molecule has 0 spiro atoms. The van der Waals surface area contributed by atoms with Gasteiger partial charge >= 0.3 is 6.09 Å². The van der Waals surface area contributed by atoms with E-state index in [2.05, 4.69) is 15.4 Å². The van der Waals surface area contributed by atoms with E-state index < -0.39 is 6.09 Å². The Kier molecular flexibility index (Phi) is 3.75. The predicted octanol–water partition coefficient (Wildman–Crippen LogP) is 3.74. The number of hydrogen-bond acceptors (Lipinski definition) is 5. The van der Waals surface area contributed by atoms with Crippen LogP contribution in [0, 0.1) is 11.3 Å². The van der Waals surface area contributed by atoms with Gasteiger partial charge in [-0.2, -0.15) is 14.9 Å². The van der Waals surface area contributed by atoms with Crippen molar-refractivity contribution in [2.24, 2.45) is 0 Å². The maximum atomic E-state index is 12.2. The normalized spacial score (nSPS) is 13.4. The molecule has 0 unspecified atom stereocenters. The lowest BCUT2D eigenvalue weighted by atomic mass is 10.2. The molecular weight excluding hydrogens is 342 g/mol. The number of fused-ring (bicyclic) bond motifs is 1. The SMILES string of the molecule is N#Cc1cccc(NC(=O)Oc2cc(Cl)nc3c(C4CC4)cnn23)c1. The Bertz CT molecular complexity index is 1020. The third kappa shape index (κ3) is 3.12. The Morgan fingerprint density at radius 2 is 2.24 bits per heavy atom. The van der Waals surface area contributed by atoms with Gasteiger partial charge in [0.1, 0.15) is 5.15 Å². The highest BCUT2D eigenvalue weighted by atomic mass is 35.5. The first kappa shape index (κ1) is 15.4. The van der Waals surface area contributed by atoms with E-state index in [1.165, 1.54) is 10.6 Å². The molecule has 124 valence electrons. The monoisotopic (exact) mass is 353 g/mol. The second kappa shape index (κ2) is 6.07. The Morgan fingerprint density at radius 1 is 1.40 bits per heavy atom. The molecule has 0 aliphatic heterocycles. The Labute approximate surface area is 147 Å². The highest BCUT2D eigenvalue weighted by Gasteiger charge is 2.28. The van der Waals surface area contributed by atoms with Crippen molar-refractivity contribution in [1.82, 2.24) is 14.6 Å². The first-order chi connectivity index (χ1) is 12.1. The number of nitrogens with zero attached hydrogens (tertiary/aromatic N) is 4. The van der Waals surface area contributed by atoms with Gasteiger partial charge in [-0.3, -0.25) is 5.32 Å². The van der Waals surface area contributed by atoms with Crippen molar-refractivity contribution in [3.8, 4) is 11.9 Å². The minimum atomic E-state index is -0.706. The van der Waals surface area contributed by atoms with Crippen LogP contribution in [0.25, 0.3) is 5.65 Å². The summed E-state index contributed by atoms with van der Waals surface area (Å²) in [6.07, 6.45) is 3.22. The number of hydrogen-bond donors (Lipinski definition) is 1. The number of aromatic nitrogens is 3. The van der Waals surface area contributed by atoms with Crippen LogP contribution in [0.4, 0.5) is 10.5 Å². The number of nitriles is 1. The molecule has 3 aromatic rings. The van der Waals surface area contributed by atoms with Crippen LogP contribution in [-0.2, 0) is 0 Å². The van der Waals surface area contributed by atoms with Crippen LogP contribution in [-0.4, -0.2) is 20.7 Å². The van der Waals surface area contributed by atoms with E-state index in [0.717, 1.165) is 18.4 Å². The average molecular weight is 354 g/mol. The van der Waals surface area contributed by atoms with Crippen LogP contribution < -0.4 is 10.1 Å². The molecule has 0 radical (unpaired) electrons. The summed E-state index contributed by atoms with van der Waals surface area (Å²) in [5.74, 6) is 0.620. The number of carbonyl (C=O) groups excluding carboxylic acids is 1. The topological polar surface area (TPSA) is 92.3 Å². The van der Waals surface area contributed by atoms with Gasteiger partial charge in [-0.1, -0.05) is 17.7 Å². The second-order valence-electron chi connectivity index (χ2n) is 5.73. The van der Waals surface area contributed by atoms with Gasteiger partial charge in [-0.05, 0) is 37.0 Å². The largest absolute Gasteiger partial charge is 0.418 e. The van der Waals surface area contributed by atoms with Crippen LogP contribution in [0.15, 0.2) is 36.5 Å². The van der Waals surface area contributed by atoms with Gasteiger partial charge < -0.3 is 4.74 Å². The van der Waals surface area contributed by atoms with Gasteiger partial charge in [-0.25, -0.2) is 9.78 Å². The van der Waals surface area contributed by atoms with Crippen molar-refractivity contribution in [2.45, 2.75) is 18.8 Å². The lowest BCUT2D eigenvalue weighted by Crippen LogP contribution is -2.18. The molecule has 25 heavy (non-hydrogen) atoms. The van der Waals surface area contributed by atoms with E-state index in [0.29, 0.717) is 22.8 Å². The first-order valence-electron chi connectivity index (χ1n) is 7.67. The maximum Gasteiger partial charge on any atom is 0.418 e. The van der Waals surface area contributed by atoms with E-state index in [1.54, 1.807) is 30.5 Å². The van der Waals surface area contributed by atoms with E-state index >= 15 is 0 Å². The smallest absolute Gasteiger partial charge is 0.391 e. The van der Waals surface area contributed by atoms with Crippen LogP contribution in [0.3, 0.4) is 0 Å². The van der Waals surface area contributed by atoms with Crippen LogP contribution in [0.2, 0.25) is 5.15 Å². The molecule has 8 heteroatoms. The zero-order valence-electron chi connectivity index (χ0n) is 12.9. The minimum absolute atomic E-state index is 0.177. The minimum Gasteiger partial charge on any atom is -0.391 e. The van der Waals surface area contributed by atoms with E-state index in [1.807, 2.05) is 6.07 Å². The molecule has 7 nitrogen and oxygen atoms in total. The summed E-state index contributed by atoms with van der Waals surface area (Å²) < 4.78 is 6.81. The molecule has 0 saturated heterocycles. The number of rotatable bonds is 3. The third-order valence-corrected chi connectivity index (χ3v) is 4.08. The highest BCUT2D eigenvalue weighted by Crippen LogP contribution is 2.42. The summed E-state index contributed by atoms with van der Waals surface area (Å²) >= 11 is 6.06. The Morgan fingerprint density at radius 3 is 3.00 bits per heavy atom. The molecule has 1 amide bonds. The second-order valence-corrected chi connectivity index (χ2v) is 6.12. The summed E-state index contributed by atoms with van der Waals surface area (Å²) in [5, 5.41) is 16.0. The highest BCUT2D eigenvalue weighted by molar-refractivity contribution is 6.29. The van der Waals surface area contributed by atoms with Gasteiger partial charge in [-0.15, -0.1) is 0 Å². The third-order valence-electron chi connectivity index (χ3n) is 3.89. The average Bonchev–Trinajstić information content (AvgIpc) is 3.34. The molecule has 1 aliphatic rings. The first-order valence-corrected chi connectivity index (χ1v) is 8.05. The van der Waals surface area contributed by atoms with Crippen LogP contribution >= 0.6 is 11.6 Å². The van der Waals surface area contributed by atoms with Crippen LogP contribution in [0.5, 0.6) is 5.88 Å².